The average Bonchev–Trinajstić information content (AvgIpc) is 2.30. The van der Waals surface area contributed by atoms with Crippen molar-refractivity contribution in [3.05, 3.63) is 35.6 Å². The molecule has 2 nitrogen and oxygen atoms in total. The second kappa shape index (κ2) is 4.24. The van der Waals surface area contributed by atoms with Crippen molar-refractivity contribution in [3.63, 3.8) is 0 Å². The highest BCUT2D eigenvalue weighted by Crippen LogP contribution is 2.40. The van der Waals surface area contributed by atoms with Gasteiger partial charge >= 0.3 is 0 Å². The van der Waals surface area contributed by atoms with Crippen molar-refractivity contribution in [3.8, 4) is 0 Å². The van der Waals surface area contributed by atoms with E-state index in [2.05, 4.69) is 0 Å². The first-order chi connectivity index (χ1) is 7.67. The van der Waals surface area contributed by atoms with E-state index < -0.39 is 17.2 Å². The van der Waals surface area contributed by atoms with Crippen LogP contribution in [0.15, 0.2) is 24.3 Å². The van der Waals surface area contributed by atoms with Gasteiger partial charge in [0.1, 0.15) is 5.82 Å². The highest BCUT2D eigenvalue weighted by molar-refractivity contribution is 5.79. The first kappa shape index (κ1) is 11.1. The van der Waals surface area contributed by atoms with Gasteiger partial charge < -0.3 is 9.90 Å². The van der Waals surface area contributed by atoms with Crippen LogP contribution in [0, 0.1) is 5.82 Å². The zero-order valence-electron chi connectivity index (χ0n) is 9.04. The van der Waals surface area contributed by atoms with Gasteiger partial charge in [-0.2, -0.15) is 0 Å². The van der Waals surface area contributed by atoms with Crippen molar-refractivity contribution < 1.29 is 14.3 Å². The Balaban J connectivity index is 2.47. The maximum atomic E-state index is 13.7. The summed E-state index contributed by atoms with van der Waals surface area (Å²) in [5.41, 5.74) is -0.821. The lowest BCUT2D eigenvalue weighted by Crippen LogP contribution is -2.47. The topological polar surface area (TPSA) is 40.1 Å². The average molecular weight is 221 g/mol. The summed E-state index contributed by atoms with van der Waals surface area (Å²) in [6.45, 7) is 0. The normalized spacial score (nSPS) is 19.3. The Morgan fingerprint density at radius 3 is 2.38 bits per heavy atom. The number of halogens is 1. The predicted molar refractivity (Wildman–Crippen MR) is 56.2 cm³/mol. The molecule has 3 heteroatoms. The fraction of sp³-hybridized carbons (Fsp3) is 0.462. The minimum Gasteiger partial charge on any atom is -0.549 e. The maximum absolute atomic E-state index is 13.7. The van der Waals surface area contributed by atoms with Crippen LogP contribution in [0.1, 0.15) is 37.7 Å². The van der Waals surface area contributed by atoms with Crippen LogP contribution in [0.5, 0.6) is 0 Å². The van der Waals surface area contributed by atoms with Gasteiger partial charge in [0.25, 0.3) is 0 Å². The molecule has 0 atom stereocenters. The van der Waals surface area contributed by atoms with Gasteiger partial charge in [-0.25, -0.2) is 4.39 Å². The fourth-order valence-corrected chi connectivity index (χ4v) is 2.59. The van der Waals surface area contributed by atoms with Crippen molar-refractivity contribution in [1.29, 1.82) is 0 Å². The zero-order chi connectivity index (χ0) is 11.6. The summed E-state index contributed by atoms with van der Waals surface area (Å²) in [6.07, 6.45) is 3.63. The summed E-state index contributed by atoms with van der Waals surface area (Å²) in [7, 11) is 0. The molecule has 0 unspecified atom stereocenters. The Hall–Kier alpha value is -1.38. The van der Waals surface area contributed by atoms with Gasteiger partial charge in [-0.05, 0) is 24.5 Å². The molecule has 1 aliphatic carbocycles. The van der Waals surface area contributed by atoms with Gasteiger partial charge in [-0.3, -0.25) is 0 Å². The van der Waals surface area contributed by atoms with Crippen molar-refractivity contribution in [1.82, 2.24) is 0 Å². The van der Waals surface area contributed by atoms with Crippen LogP contribution in [0.2, 0.25) is 0 Å². The molecule has 0 amide bonds. The molecule has 0 aromatic heterocycles. The summed E-state index contributed by atoms with van der Waals surface area (Å²) in [5, 5.41) is 11.4. The van der Waals surface area contributed by atoms with Crippen molar-refractivity contribution in [2.75, 3.05) is 0 Å². The molecule has 1 saturated carbocycles. The van der Waals surface area contributed by atoms with E-state index in [1.54, 1.807) is 18.2 Å². The largest absolute Gasteiger partial charge is 0.549 e. The molecule has 1 aliphatic rings. The number of rotatable bonds is 2. The molecule has 16 heavy (non-hydrogen) atoms. The van der Waals surface area contributed by atoms with Crippen molar-refractivity contribution in [2.24, 2.45) is 0 Å². The lowest BCUT2D eigenvalue weighted by molar-refractivity contribution is -0.315. The van der Waals surface area contributed by atoms with E-state index in [0.29, 0.717) is 12.8 Å². The minimum atomic E-state index is -1.14. The number of carboxylic acid groups (broad SMARTS) is 1. The predicted octanol–water partition coefficient (Wildman–Crippen LogP) is 1.78. The Bertz CT molecular complexity index is 395. The summed E-state index contributed by atoms with van der Waals surface area (Å²) in [4.78, 5) is 11.4. The molecule has 0 N–H and O–H groups in total. The molecular formula is C13H14FO2-. The second-order valence-corrected chi connectivity index (χ2v) is 4.41. The molecule has 1 fully saturated rings. The Kier molecular flexibility index (Phi) is 2.95. The molecule has 0 heterocycles. The Morgan fingerprint density at radius 1 is 1.19 bits per heavy atom. The molecule has 1 aromatic carbocycles. The van der Waals surface area contributed by atoms with Crippen LogP contribution < -0.4 is 5.11 Å². The van der Waals surface area contributed by atoms with Crippen LogP contribution in [-0.2, 0) is 10.2 Å². The molecule has 0 saturated heterocycles. The zero-order valence-corrected chi connectivity index (χ0v) is 9.04. The Labute approximate surface area is 94.1 Å². The maximum Gasteiger partial charge on any atom is 0.127 e. The smallest absolute Gasteiger partial charge is 0.127 e. The van der Waals surface area contributed by atoms with E-state index >= 15 is 0 Å². The van der Waals surface area contributed by atoms with Gasteiger partial charge in [-0.15, -0.1) is 0 Å². The quantitative estimate of drug-likeness (QED) is 0.763. The number of hydrogen-bond acceptors (Lipinski definition) is 2. The van der Waals surface area contributed by atoms with Gasteiger partial charge in [-0.1, -0.05) is 37.5 Å². The van der Waals surface area contributed by atoms with Crippen LogP contribution in [0.3, 0.4) is 0 Å². The molecule has 0 bridgehead atoms. The number of carbonyl (C=O) groups is 1. The van der Waals surface area contributed by atoms with Gasteiger partial charge in [0, 0.05) is 5.41 Å². The molecule has 0 aliphatic heterocycles. The minimum absolute atomic E-state index is 0.287. The standard InChI is InChI=1S/C13H15FO2/c14-11-7-3-2-6-10(11)13(12(15)16)8-4-1-5-9-13/h2-3,6-7H,1,4-5,8-9H2,(H,15,16)/p-1. The molecule has 0 spiro atoms. The van der Waals surface area contributed by atoms with Crippen LogP contribution in [0.4, 0.5) is 4.39 Å². The van der Waals surface area contributed by atoms with E-state index in [1.165, 1.54) is 6.07 Å². The third-order valence-electron chi connectivity index (χ3n) is 3.49. The van der Waals surface area contributed by atoms with Crippen LogP contribution in [-0.4, -0.2) is 5.97 Å². The van der Waals surface area contributed by atoms with Crippen LogP contribution in [0.25, 0.3) is 0 Å². The fourth-order valence-electron chi connectivity index (χ4n) is 2.59. The van der Waals surface area contributed by atoms with E-state index in [-0.39, 0.29) is 5.56 Å². The number of aliphatic carboxylic acids is 1. The van der Waals surface area contributed by atoms with E-state index in [0.717, 1.165) is 19.3 Å². The first-order valence-corrected chi connectivity index (χ1v) is 5.63. The Morgan fingerprint density at radius 2 is 1.81 bits per heavy atom. The summed E-state index contributed by atoms with van der Waals surface area (Å²) in [5.74, 6) is -1.58. The van der Waals surface area contributed by atoms with E-state index in [1.807, 2.05) is 0 Å². The SMILES string of the molecule is O=C([O-])C1(c2ccccc2F)CCCCC1. The number of hydrogen-bond donors (Lipinski definition) is 0. The highest BCUT2D eigenvalue weighted by atomic mass is 19.1. The summed E-state index contributed by atoms with van der Waals surface area (Å²) in [6, 6.07) is 6.13. The molecule has 1 aromatic rings. The van der Waals surface area contributed by atoms with Crippen LogP contribution >= 0.6 is 0 Å². The lowest BCUT2D eigenvalue weighted by Gasteiger charge is -2.38. The monoisotopic (exact) mass is 221 g/mol. The third kappa shape index (κ3) is 1.70. The molecule has 86 valence electrons. The van der Waals surface area contributed by atoms with Gasteiger partial charge in [0.2, 0.25) is 0 Å². The van der Waals surface area contributed by atoms with E-state index in [9.17, 15) is 14.3 Å². The number of carbonyl (C=O) groups excluding carboxylic acids is 1. The number of benzene rings is 1. The van der Waals surface area contributed by atoms with Crippen molar-refractivity contribution >= 4 is 5.97 Å². The summed E-state index contributed by atoms with van der Waals surface area (Å²) >= 11 is 0. The first-order valence-electron chi connectivity index (χ1n) is 5.63. The van der Waals surface area contributed by atoms with Crippen molar-refractivity contribution in [2.45, 2.75) is 37.5 Å². The highest BCUT2D eigenvalue weighted by Gasteiger charge is 2.37. The lowest BCUT2D eigenvalue weighted by atomic mass is 9.69. The summed E-state index contributed by atoms with van der Waals surface area (Å²) < 4.78 is 13.7. The molecular weight excluding hydrogens is 207 g/mol. The molecule has 0 radical (unpaired) electrons. The number of carboxylic acids is 1. The van der Waals surface area contributed by atoms with Gasteiger partial charge in [0.05, 0.1) is 5.97 Å². The second-order valence-electron chi connectivity index (χ2n) is 4.41. The van der Waals surface area contributed by atoms with E-state index in [4.69, 9.17) is 0 Å². The third-order valence-corrected chi connectivity index (χ3v) is 3.49. The molecule has 2 rings (SSSR count). The van der Waals surface area contributed by atoms with Gasteiger partial charge in [0.15, 0.2) is 0 Å².